The maximum absolute atomic E-state index is 11.2. The Morgan fingerprint density at radius 3 is 1.73 bits per heavy atom. The third-order valence-electron chi connectivity index (χ3n) is 7.38. The fraction of sp³-hybridized carbons (Fsp3) is 0.438. The molecule has 0 aliphatic carbocycles. The van der Waals surface area contributed by atoms with E-state index in [4.69, 9.17) is 9.16 Å². The Morgan fingerprint density at radius 1 is 0.757 bits per heavy atom. The summed E-state index contributed by atoms with van der Waals surface area (Å²) in [5.41, 5.74) is 1.11. The van der Waals surface area contributed by atoms with Crippen LogP contribution in [0.15, 0.2) is 91.0 Å². The lowest BCUT2D eigenvalue weighted by Crippen LogP contribution is -2.67. The van der Waals surface area contributed by atoms with E-state index in [0.29, 0.717) is 26.2 Å². The molecule has 0 aliphatic rings. The first-order valence-electron chi connectivity index (χ1n) is 13.4. The van der Waals surface area contributed by atoms with E-state index in [0.717, 1.165) is 5.56 Å². The molecule has 0 spiro atoms. The van der Waals surface area contributed by atoms with Gasteiger partial charge in [-0.3, -0.25) is 0 Å². The predicted octanol–water partition coefficient (Wildman–Crippen LogP) is 5.16. The van der Waals surface area contributed by atoms with E-state index in [1.807, 2.05) is 56.3 Å². The Labute approximate surface area is 224 Å². The van der Waals surface area contributed by atoms with Crippen molar-refractivity contribution in [1.29, 1.82) is 0 Å². The summed E-state index contributed by atoms with van der Waals surface area (Å²) in [6.45, 7) is 12.1. The van der Waals surface area contributed by atoms with Gasteiger partial charge in [0.1, 0.15) is 0 Å². The zero-order valence-corrected chi connectivity index (χ0v) is 24.0. The largest absolute Gasteiger partial charge is 0.407 e. The Bertz CT molecular complexity index is 997. The van der Waals surface area contributed by atoms with E-state index in [2.05, 4.69) is 69.3 Å². The fourth-order valence-electron chi connectivity index (χ4n) is 5.09. The van der Waals surface area contributed by atoms with Crippen LogP contribution in [0.2, 0.25) is 5.04 Å². The average Bonchev–Trinajstić information content (AvgIpc) is 2.91. The van der Waals surface area contributed by atoms with Crippen LogP contribution in [0, 0.1) is 11.8 Å². The molecule has 3 aromatic rings. The minimum absolute atomic E-state index is 0.123. The summed E-state index contributed by atoms with van der Waals surface area (Å²) in [7, 11) is -2.67. The summed E-state index contributed by atoms with van der Waals surface area (Å²) in [5.74, 6) is -0.436. The number of rotatable bonds is 13. The van der Waals surface area contributed by atoms with Gasteiger partial charge in [-0.05, 0) is 27.4 Å². The Hall–Kier alpha value is -2.28. The number of aliphatic hydroxyl groups is 2. The molecule has 0 bridgehead atoms. The Kier molecular flexibility index (Phi) is 10.7. The molecule has 0 heterocycles. The lowest BCUT2D eigenvalue weighted by Gasteiger charge is -2.44. The number of hydrogen-bond donors (Lipinski definition) is 2. The first-order valence-corrected chi connectivity index (χ1v) is 15.3. The van der Waals surface area contributed by atoms with Crippen LogP contribution >= 0.6 is 0 Å². The van der Waals surface area contributed by atoms with E-state index >= 15 is 0 Å². The standard InChI is InChI=1S/C32H44O4Si/c1-25(31(34)26(2)30(33)21-22-35-24-27-15-9-6-10-16-27)23-36-37(32(3,4)5,28-17-11-7-12-18-28)29-19-13-8-14-20-29/h6-20,25-26,30-31,33-34H,21-24H2,1-5H3/t25-,26-,30+,31+/m0/s1. The van der Waals surface area contributed by atoms with Gasteiger partial charge in [-0.15, -0.1) is 0 Å². The van der Waals surface area contributed by atoms with Gasteiger partial charge in [0.15, 0.2) is 0 Å². The van der Waals surface area contributed by atoms with E-state index in [9.17, 15) is 10.2 Å². The molecule has 200 valence electrons. The van der Waals surface area contributed by atoms with E-state index in [1.54, 1.807) is 0 Å². The monoisotopic (exact) mass is 520 g/mol. The molecule has 0 amide bonds. The van der Waals surface area contributed by atoms with Crippen molar-refractivity contribution in [2.45, 2.75) is 64.9 Å². The van der Waals surface area contributed by atoms with Crippen LogP contribution in [0.4, 0.5) is 0 Å². The average molecular weight is 521 g/mol. The highest BCUT2D eigenvalue weighted by molar-refractivity contribution is 6.99. The molecule has 0 aromatic heterocycles. The van der Waals surface area contributed by atoms with Gasteiger partial charge in [0.25, 0.3) is 8.32 Å². The van der Waals surface area contributed by atoms with Crippen LogP contribution in [0.25, 0.3) is 0 Å². The van der Waals surface area contributed by atoms with Gasteiger partial charge in [0, 0.05) is 25.0 Å². The van der Waals surface area contributed by atoms with Crippen molar-refractivity contribution < 1.29 is 19.4 Å². The summed E-state index contributed by atoms with van der Waals surface area (Å²) in [6, 6.07) is 31.1. The maximum atomic E-state index is 11.2. The molecule has 3 aromatic carbocycles. The van der Waals surface area contributed by atoms with Gasteiger partial charge < -0.3 is 19.4 Å². The third kappa shape index (κ3) is 7.40. The molecule has 5 heteroatoms. The van der Waals surface area contributed by atoms with Gasteiger partial charge in [0.05, 0.1) is 18.8 Å². The molecular weight excluding hydrogens is 476 g/mol. The smallest absolute Gasteiger partial charge is 0.261 e. The molecule has 0 aliphatic heterocycles. The number of aliphatic hydroxyl groups excluding tert-OH is 2. The van der Waals surface area contributed by atoms with Crippen molar-refractivity contribution in [3.63, 3.8) is 0 Å². The molecule has 0 saturated carbocycles. The molecule has 3 rings (SSSR count). The summed E-state index contributed by atoms with van der Waals surface area (Å²) in [6.07, 6.45) is -0.865. The zero-order chi connectivity index (χ0) is 26.9. The van der Waals surface area contributed by atoms with Crippen LogP contribution < -0.4 is 10.4 Å². The van der Waals surface area contributed by atoms with Crippen molar-refractivity contribution in [3.8, 4) is 0 Å². The predicted molar refractivity (Wildman–Crippen MR) is 155 cm³/mol. The van der Waals surface area contributed by atoms with Gasteiger partial charge in [0.2, 0.25) is 0 Å². The highest BCUT2D eigenvalue weighted by Gasteiger charge is 2.50. The molecular formula is C32H44O4Si. The summed E-state index contributed by atoms with van der Waals surface area (Å²) in [5, 5.41) is 24.3. The summed E-state index contributed by atoms with van der Waals surface area (Å²) >= 11 is 0. The highest BCUT2D eigenvalue weighted by atomic mass is 28.4. The van der Waals surface area contributed by atoms with Crippen LogP contribution in [0.1, 0.15) is 46.6 Å². The lowest BCUT2D eigenvalue weighted by molar-refractivity contribution is -0.0306. The van der Waals surface area contributed by atoms with Crippen LogP contribution in [0.5, 0.6) is 0 Å². The Morgan fingerprint density at radius 2 is 1.24 bits per heavy atom. The Balaban J connectivity index is 1.66. The normalized spacial score (nSPS) is 15.6. The summed E-state index contributed by atoms with van der Waals surface area (Å²) < 4.78 is 12.7. The topological polar surface area (TPSA) is 58.9 Å². The van der Waals surface area contributed by atoms with Gasteiger partial charge in [-0.2, -0.15) is 0 Å². The third-order valence-corrected chi connectivity index (χ3v) is 12.4. The van der Waals surface area contributed by atoms with E-state index in [-0.39, 0.29) is 16.9 Å². The molecule has 4 atom stereocenters. The second kappa shape index (κ2) is 13.5. The van der Waals surface area contributed by atoms with Crippen molar-refractivity contribution in [1.82, 2.24) is 0 Å². The second-order valence-electron chi connectivity index (χ2n) is 11.2. The fourth-order valence-corrected chi connectivity index (χ4v) is 9.76. The molecule has 4 nitrogen and oxygen atoms in total. The lowest BCUT2D eigenvalue weighted by atomic mass is 9.88. The second-order valence-corrected chi connectivity index (χ2v) is 15.5. The van der Waals surface area contributed by atoms with Gasteiger partial charge in [-0.1, -0.05) is 126 Å². The molecule has 0 radical (unpaired) electrons. The first-order chi connectivity index (χ1) is 17.7. The zero-order valence-electron chi connectivity index (χ0n) is 23.0. The molecule has 0 unspecified atom stereocenters. The van der Waals surface area contributed by atoms with Crippen LogP contribution in [-0.2, 0) is 15.8 Å². The first kappa shape index (κ1) is 29.3. The van der Waals surface area contributed by atoms with E-state index in [1.165, 1.54) is 10.4 Å². The number of ether oxygens (including phenoxy) is 1. The SMILES string of the molecule is C[C@H]([C@H](O)[C@@H](C)CO[Si](c1ccccc1)(c1ccccc1)C(C)(C)C)[C@H](O)CCOCc1ccccc1. The number of hydrogen-bond acceptors (Lipinski definition) is 4. The molecule has 2 N–H and O–H groups in total. The number of benzene rings is 3. The molecule has 37 heavy (non-hydrogen) atoms. The van der Waals surface area contributed by atoms with Crippen molar-refractivity contribution >= 4 is 18.7 Å². The highest BCUT2D eigenvalue weighted by Crippen LogP contribution is 2.37. The minimum atomic E-state index is -2.67. The molecule has 0 saturated heterocycles. The van der Waals surface area contributed by atoms with Crippen molar-refractivity contribution in [2.24, 2.45) is 11.8 Å². The van der Waals surface area contributed by atoms with Crippen LogP contribution in [-0.4, -0.2) is 44.0 Å². The molecule has 0 fully saturated rings. The van der Waals surface area contributed by atoms with Gasteiger partial charge in [-0.25, -0.2) is 0 Å². The van der Waals surface area contributed by atoms with Crippen LogP contribution in [0.3, 0.4) is 0 Å². The van der Waals surface area contributed by atoms with Crippen molar-refractivity contribution in [2.75, 3.05) is 13.2 Å². The maximum Gasteiger partial charge on any atom is 0.261 e. The minimum Gasteiger partial charge on any atom is -0.407 e. The summed E-state index contributed by atoms with van der Waals surface area (Å²) in [4.78, 5) is 0. The van der Waals surface area contributed by atoms with Crippen molar-refractivity contribution in [3.05, 3.63) is 96.6 Å². The van der Waals surface area contributed by atoms with Gasteiger partial charge >= 0.3 is 0 Å². The van der Waals surface area contributed by atoms with E-state index < -0.39 is 20.5 Å². The quantitative estimate of drug-likeness (QED) is 0.241.